The maximum absolute atomic E-state index is 14.1. The Kier molecular flexibility index (Phi) is 9.16. The van der Waals surface area contributed by atoms with Gasteiger partial charge in [0.1, 0.15) is 11.8 Å². The number of H-pyrrole nitrogens is 1. The lowest BCUT2D eigenvalue weighted by Gasteiger charge is -2.29. The van der Waals surface area contributed by atoms with Crippen molar-refractivity contribution in [3.63, 3.8) is 0 Å². The van der Waals surface area contributed by atoms with Crippen LogP contribution >= 0.6 is 23.1 Å². The molecule has 12 nitrogen and oxygen atoms in total. The molecule has 0 spiro atoms. The monoisotopic (exact) mass is 646 g/mol. The summed E-state index contributed by atoms with van der Waals surface area (Å²) in [6.07, 6.45) is 1.57. The van der Waals surface area contributed by atoms with Gasteiger partial charge in [0.2, 0.25) is 0 Å². The first-order chi connectivity index (χ1) is 21.6. The van der Waals surface area contributed by atoms with Crippen molar-refractivity contribution in [2.75, 3.05) is 20.2 Å². The number of fused-ring (bicyclic) bond motifs is 1. The van der Waals surface area contributed by atoms with Crippen molar-refractivity contribution >= 4 is 40.8 Å². The number of hydrogen-bond donors (Lipinski definition) is 1. The van der Waals surface area contributed by atoms with Crippen LogP contribution in [0, 0.1) is 17.0 Å². The lowest BCUT2D eigenvalue weighted by atomic mass is 9.94. The second-order valence-corrected chi connectivity index (χ2v) is 12.1. The predicted octanol–water partition coefficient (Wildman–Crippen LogP) is 3.56. The van der Waals surface area contributed by atoms with Gasteiger partial charge in [-0.05, 0) is 63.2 Å². The summed E-state index contributed by atoms with van der Waals surface area (Å²) >= 11 is 2.10. The molecule has 1 aliphatic heterocycles. The second kappa shape index (κ2) is 13.0. The third-order valence-corrected chi connectivity index (χ3v) is 9.20. The molecule has 0 unspecified atom stereocenters. The number of methoxy groups -OCH3 is 1. The summed E-state index contributed by atoms with van der Waals surface area (Å²) in [6, 6.07) is 12.3. The number of thiazole rings is 1. The maximum Gasteiger partial charge on any atom is 0.283 e. The Morgan fingerprint density at radius 3 is 2.58 bits per heavy atom. The fourth-order valence-electron chi connectivity index (χ4n) is 5.17. The Hall–Kier alpha value is -4.82. The summed E-state index contributed by atoms with van der Waals surface area (Å²) < 4.78 is 7.43. The summed E-state index contributed by atoms with van der Waals surface area (Å²) in [5.74, 6) is 0.296. The summed E-state index contributed by atoms with van der Waals surface area (Å²) in [6.45, 7) is 8.17. The van der Waals surface area contributed by atoms with Gasteiger partial charge in [0.25, 0.3) is 22.7 Å². The third kappa shape index (κ3) is 6.24. The van der Waals surface area contributed by atoms with Crippen molar-refractivity contribution in [1.82, 2.24) is 19.4 Å². The molecule has 1 N–H and O–H groups in total. The van der Waals surface area contributed by atoms with Gasteiger partial charge in [0.15, 0.2) is 9.96 Å². The average Bonchev–Trinajstić information content (AvgIpc) is 3.30. The number of nitro benzene ring substituents is 1. The summed E-state index contributed by atoms with van der Waals surface area (Å²) in [7, 11) is 1.53. The van der Waals surface area contributed by atoms with E-state index in [4.69, 9.17) is 4.74 Å². The number of aromatic nitrogens is 3. The van der Waals surface area contributed by atoms with Crippen LogP contribution in [0.3, 0.4) is 0 Å². The highest BCUT2D eigenvalue weighted by Gasteiger charge is 2.35. The topological polar surface area (TPSA) is 153 Å². The maximum atomic E-state index is 14.1. The highest BCUT2D eigenvalue weighted by molar-refractivity contribution is 7.99. The van der Waals surface area contributed by atoms with E-state index in [0.29, 0.717) is 51.7 Å². The van der Waals surface area contributed by atoms with Crippen molar-refractivity contribution < 1.29 is 14.5 Å². The van der Waals surface area contributed by atoms with Gasteiger partial charge in [-0.2, -0.15) is 0 Å². The summed E-state index contributed by atoms with van der Waals surface area (Å²) in [5, 5.41) is 12.3. The van der Waals surface area contributed by atoms with Gasteiger partial charge in [0.05, 0.1) is 32.7 Å². The normalized spacial score (nSPS) is 14.6. The van der Waals surface area contributed by atoms with E-state index in [9.17, 15) is 24.5 Å². The van der Waals surface area contributed by atoms with E-state index in [1.807, 2.05) is 32.0 Å². The summed E-state index contributed by atoms with van der Waals surface area (Å²) in [4.78, 5) is 65.2. The number of nitrogens with one attached hydrogen (secondary N) is 1. The minimum Gasteiger partial charge on any atom is -0.496 e. The van der Waals surface area contributed by atoms with Crippen LogP contribution in [-0.2, 0) is 4.79 Å². The minimum atomic E-state index is -0.801. The molecule has 4 aromatic rings. The SMILES string of the molecule is CCN(CC)C(=O)C1=C(C)N=c2s/c(=C\c3ccc(Sc4nc(C)cc(=O)[nH]4)c([N+](=O)[O-])c3)c(=O)n2[C@@H]1c1ccccc1OC. The Balaban J connectivity index is 1.65. The van der Waals surface area contributed by atoms with Gasteiger partial charge in [-0.25, -0.2) is 9.98 Å². The van der Waals surface area contributed by atoms with Crippen LogP contribution in [0.4, 0.5) is 5.69 Å². The molecule has 1 atom stereocenters. The van der Waals surface area contributed by atoms with Gasteiger partial charge in [-0.1, -0.05) is 35.6 Å². The zero-order chi connectivity index (χ0) is 32.4. The van der Waals surface area contributed by atoms with Crippen LogP contribution in [0.2, 0.25) is 0 Å². The van der Waals surface area contributed by atoms with Crippen molar-refractivity contribution in [2.45, 2.75) is 43.8 Å². The number of benzene rings is 2. The Labute approximate surface area is 265 Å². The van der Waals surface area contributed by atoms with Crippen molar-refractivity contribution in [1.29, 1.82) is 0 Å². The first-order valence-corrected chi connectivity index (χ1v) is 15.7. The number of carbonyl (C=O) groups excluding carboxylic acids is 1. The highest BCUT2D eigenvalue weighted by atomic mass is 32.2. The number of likely N-dealkylation sites (N-methyl/N-ethyl adjacent to an activating group) is 1. The van der Waals surface area contributed by atoms with E-state index in [-0.39, 0.29) is 31.7 Å². The van der Waals surface area contributed by atoms with Crippen LogP contribution in [0.1, 0.15) is 43.6 Å². The number of para-hydroxylation sites is 1. The highest BCUT2D eigenvalue weighted by Crippen LogP contribution is 2.36. The smallest absolute Gasteiger partial charge is 0.283 e. The molecular weight excluding hydrogens is 617 g/mol. The first kappa shape index (κ1) is 31.6. The minimum absolute atomic E-state index is 0.208. The van der Waals surface area contributed by atoms with Crippen LogP contribution < -0.4 is 25.2 Å². The Bertz CT molecular complexity index is 2090. The molecule has 0 saturated heterocycles. The van der Waals surface area contributed by atoms with Gasteiger partial charge < -0.3 is 14.6 Å². The number of rotatable bonds is 9. The largest absolute Gasteiger partial charge is 0.496 e. The molecule has 14 heteroatoms. The molecule has 1 amide bonds. The number of nitrogens with zero attached hydrogens (tertiary/aromatic N) is 5. The molecule has 45 heavy (non-hydrogen) atoms. The van der Waals surface area contributed by atoms with E-state index < -0.39 is 16.5 Å². The molecule has 0 aliphatic carbocycles. The average molecular weight is 647 g/mol. The van der Waals surface area contributed by atoms with Gasteiger partial charge in [-0.3, -0.25) is 29.1 Å². The van der Waals surface area contributed by atoms with Crippen LogP contribution in [0.25, 0.3) is 6.08 Å². The van der Waals surface area contributed by atoms with Crippen molar-refractivity contribution in [3.05, 3.63) is 117 Å². The van der Waals surface area contributed by atoms with E-state index >= 15 is 0 Å². The number of amides is 1. The molecule has 0 saturated carbocycles. The quantitative estimate of drug-likeness (QED) is 0.165. The van der Waals surface area contributed by atoms with Gasteiger partial charge >= 0.3 is 0 Å². The van der Waals surface area contributed by atoms with Crippen LogP contribution in [0.5, 0.6) is 5.75 Å². The molecule has 0 fully saturated rings. The zero-order valence-electron chi connectivity index (χ0n) is 25.2. The van der Waals surface area contributed by atoms with E-state index in [2.05, 4.69) is 15.0 Å². The summed E-state index contributed by atoms with van der Waals surface area (Å²) in [5.41, 5.74) is 1.46. The number of ether oxygens (including phenoxy) is 1. The molecule has 0 radical (unpaired) electrons. The fraction of sp³-hybridized carbons (Fsp3) is 0.258. The van der Waals surface area contributed by atoms with E-state index in [0.717, 1.165) is 23.1 Å². The van der Waals surface area contributed by atoms with E-state index in [1.165, 1.54) is 23.8 Å². The number of aromatic amines is 1. The standard InChI is InChI=1S/C31H30N6O6S2/c1-6-35(7-2)29(40)26-18(4)33-31-36(27(26)20-10-8-9-11-22(20)43-5)28(39)24(45-31)16-19-12-13-23(21(15-19)37(41)42)44-30-32-17(3)14-25(38)34-30/h8-16,27H,6-7H2,1-5H3,(H,32,34,38)/b24-16-/t27-/m1/s1. The van der Waals surface area contributed by atoms with Crippen LogP contribution in [0.15, 0.2) is 84.4 Å². The number of allylic oxidation sites excluding steroid dienone is 1. The van der Waals surface area contributed by atoms with E-state index in [1.54, 1.807) is 43.0 Å². The van der Waals surface area contributed by atoms with Crippen LogP contribution in [-0.4, -0.2) is 50.5 Å². The molecule has 232 valence electrons. The lowest BCUT2D eigenvalue weighted by Crippen LogP contribution is -2.43. The molecule has 2 aromatic heterocycles. The lowest BCUT2D eigenvalue weighted by molar-refractivity contribution is -0.387. The molecule has 0 bridgehead atoms. The molecule has 2 aromatic carbocycles. The molecular formula is C31H30N6O6S2. The third-order valence-electron chi connectivity index (χ3n) is 7.27. The molecule has 3 heterocycles. The Morgan fingerprint density at radius 2 is 1.91 bits per heavy atom. The molecule has 1 aliphatic rings. The van der Waals surface area contributed by atoms with Crippen molar-refractivity contribution in [2.24, 2.45) is 4.99 Å². The number of nitro groups is 1. The Morgan fingerprint density at radius 1 is 1.18 bits per heavy atom. The van der Waals surface area contributed by atoms with Gasteiger partial charge in [0, 0.05) is 36.5 Å². The fourth-order valence-corrected chi connectivity index (χ4v) is 7.14. The van der Waals surface area contributed by atoms with Crippen molar-refractivity contribution in [3.8, 4) is 5.75 Å². The van der Waals surface area contributed by atoms with Gasteiger partial charge in [-0.15, -0.1) is 0 Å². The number of aryl methyl sites for hydroxylation is 1. The first-order valence-electron chi connectivity index (χ1n) is 14.0. The molecule has 5 rings (SSSR count). The number of hydrogen-bond acceptors (Lipinski definition) is 10. The second-order valence-electron chi connectivity index (χ2n) is 10.1. The number of carbonyl (C=O) groups is 1. The predicted molar refractivity (Wildman–Crippen MR) is 172 cm³/mol. The zero-order valence-corrected chi connectivity index (χ0v) is 26.8.